The van der Waals surface area contributed by atoms with Gasteiger partial charge in [-0.05, 0) is 36.2 Å². The van der Waals surface area contributed by atoms with Crippen LogP contribution in [0.5, 0.6) is 17.2 Å². The zero-order valence-electron chi connectivity index (χ0n) is 16.5. The Balaban J connectivity index is 1.24. The predicted octanol–water partition coefficient (Wildman–Crippen LogP) is 4.18. The number of carbonyl (C=O) groups excluding carboxylic acids is 1. The van der Waals surface area contributed by atoms with Gasteiger partial charge in [0.2, 0.25) is 5.91 Å². The number of fused-ring (bicyclic) bond motifs is 2. The van der Waals surface area contributed by atoms with E-state index in [1.807, 2.05) is 36.4 Å². The van der Waals surface area contributed by atoms with Crippen LogP contribution in [-0.2, 0) is 11.2 Å². The molecule has 1 aromatic heterocycles. The van der Waals surface area contributed by atoms with Crippen LogP contribution in [0, 0.1) is 0 Å². The van der Waals surface area contributed by atoms with Gasteiger partial charge in [-0.1, -0.05) is 29.8 Å². The molecule has 1 N–H and O–H groups in total. The molecule has 0 spiro atoms. The average molecular weight is 427 g/mol. The number of aromatic nitrogens is 1. The summed E-state index contributed by atoms with van der Waals surface area (Å²) >= 11 is 6.29. The summed E-state index contributed by atoms with van der Waals surface area (Å²) in [7, 11) is 0. The molecule has 4 rings (SSSR count). The molecule has 6 nitrogen and oxygen atoms in total. The number of halogens is 1. The highest BCUT2D eigenvalue weighted by atomic mass is 35.5. The Kier molecular flexibility index (Phi) is 6.54. The fourth-order valence-corrected chi connectivity index (χ4v) is 3.60. The second kappa shape index (κ2) is 9.67. The van der Waals surface area contributed by atoms with Crippen molar-refractivity contribution >= 4 is 28.4 Å². The van der Waals surface area contributed by atoms with Crippen molar-refractivity contribution in [3.63, 3.8) is 0 Å². The van der Waals surface area contributed by atoms with Crippen molar-refractivity contribution in [2.45, 2.75) is 19.3 Å². The molecular weight excluding hydrogens is 404 g/mol. The van der Waals surface area contributed by atoms with Crippen LogP contribution in [0.4, 0.5) is 0 Å². The summed E-state index contributed by atoms with van der Waals surface area (Å²) in [5.41, 5.74) is 1.63. The molecule has 1 aliphatic rings. The fraction of sp³-hybridized carbons (Fsp3) is 0.304. The third kappa shape index (κ3) is 4.94. The summed E-state index contributed by atoms with van der Waals surface area (Å²) in [5, 5.41) is 4.42. The summed E-state index contributed by atoms with van der Waals surface area (Å²) in [5.74, 6) is 1.83. The molecule has 0 unspecified atom stereocenters. The van der Waals surface area contributed by atoms with Crippen molar-refractivity contribution in [2.75, 3.05) is 26.4 Å². The van der Waals surface area contributed by atoms with Gasteiger partial charge in [0.15, 0.2) is 11.5 Å². The van der Waals surface area contributed by atoms with Crippen molar-refractivity contribution < 1.29 is 19.0 Å². The maximum absolute atomic E-state index is 12.3. The van der Waals surface area contributed by atoms with Gasteiger partial charge in [-0.3, -0.25) is 9.78 Å². The lowest BCUT2D eigenvalue weighted by Crippen LogP contribution is -2.27. The third-order valence-corrected chi connectivity index (χ3v) is 5.00. The second-order valence-corrected chi connectivity index (χ2v) is 7.42. The Labute approximate surface area is 180 Å². The summed E-state index contributed by atoms with van der Waals surface area (Å²) in [4.78, 5) is 16.7. The molecule has 0 radical (unpaired) electrons. The topological polar surface area (TPSA) is 69.7 Å². The van der Waals surface area contributed by atoms with Gasteiger partial charge in [-0.2, -0.15) is 0 Å². The molecule has 0 bridgehead atoms. The largest absolute Gasteiger partial charge is 0.491 e. The van der Waals surface area contributed by atoms with E-state index < -0.39 is 0 Å². The van der Waals surface area contributed by atoms with E-state index in [0.29, 0.717) is 49.3 Å². The minimum atomic E-state index is -0.0765. The molecule has 2 heterocycles. The number of carbonyl (C=O) groups is 1. The van der Waals surface area contributed by atoms with Crippen molar-refractivity contribution in [2.24, 2.45) is 0 Å². The monoisotopic (exact) mass is 426 g/mol. The number of nitrogens with zero attached hydrogens (tertiary/aromatic N) is 1. The zero-order chi connectivity index (χ0) is 20.8. The maximum Gasteiger partial charge on any atom is 0.224 e. The summed E-state index contributed by atoms with van der Waals surface area (Å²) in [6.07, 6.45) is 3.47. The van der Waals surface area contributed by atoms with Gasteiger partial charge in [0.25, 0.3) is 0 Å². The van der Waals surface area contributed by atoms with Crippen LogP contribution in [0.15, 0.2) is 48.7 Å². The number of hydrogen-bond donors (Lipinski definition) is 1. The van der Waals surface area contributed by atoms with Gasteiger partial charge in [0.05, 0.1) is 31.3 Å². The van der Waals surface area contributed by atoms with Crippen molar-refractivity contribution in [3.05, 3.63) is 59.2 Å². The molecule has 1 aliphatic heterocycles. The Morgan fingerprint density at radius 1 is 1.17 bits per heavy atom. The average Bonchev–Trinajstić information content (AvgIpc) is 2.99. The van der Waals surface area contributed by atoms with E-state index >= 15 is 0 Å². The normalized spacial score (nSPS) is 13.0. The smallest absolute Gasteiger partial charge is 0.224 e. The van der Waals surface area contributed by atoms with Gasteiger partial charge >= 0.3 is 0 Å². The van der Waals surface area contributed by atoms with E-state index in [4.69, 9.17) is 25.8 Å². The first-order chi connectivity index (χ1) is 14.7. The van der Waals surface area contributed by atoms with Gasteiger partial charge in [-0.25, -0.2) is 0 Å². The number of benzene rings is 2. The molecule has 30 heavy (non-hydrogen) atoms. The van der Waals surface area contributed by atoms with Gasteiger partial charge in [0, 0.05) is 24.5 Å². The number of para-hydroxylation sites is 1. The van der Waals surface area contributed by atoms with E-state index in [9.17, 15) is 4.79 Å². The second-order valence-electron chi connectivity index (χ2n) is 7.02. The first kappa shape index (κ1) is 20.3. The highest BCUT2D eigenvalue weighted by Gasteiger charge is 2.16. The standard InChI is InChI=1S/C23H23ClN2O4/c24-18-13-16(14-20-23(18)30-12-4-11-29-20)15-21(27)25-9-3-10-28-19-7-1-5-17-6-2-8-26-22(17)19/h1-2,5-8,13-14H,3-4,9-12,15H2,(H,25,27). The van der Waals surface area contributed by atoms with Crippen molar-refractivity contribution in [1.82, 2.24) is 10.3 Å². The molecule has 1 amide bonds. The van der Waals surface area contributed by atoms with E-state index in [1.165, 1.54) is 0 Å². The number of nitrogens with one attached hydrogen (secondary N) is 1. The van der Waals surface area contributed by atoms with Crippen LogP contribution >= 0.6 is 11.6 Å². The van der Waals surface area contributed by atoms with Crippen LogP contribution in [-0.4, -0.2) is 37.3 Å². The molecule has 3 aromatic rings. The number of amides is 1. The van der Waals surface area contributed by atoms with E-state index in [2.05, 4.69) is 10.3 Å². The van der Waals surface area contributed by atoms with Crippen LogP contribution < -0.4 is 19.5 Å². The van der Waals surface area contributed by atoms with Crippen LogP contribution in [0.25, 0.3) is 10.9 Å². The number of ether oxygens (including phenoxy) is 3. The minimum absolute atomic E-state index is 0.0765. The van der Waals surface area contributed by atoms with E-state index in [-0.39, 0.29) is 12.3 Å². The van der Waals surface area contributed by atoms with Crippen molar-refractivity contribution in [3.8, 4) is 17.2 Å². The Hall–Kier alpha value is -2.99. The first-order valence-electron chi connectivity index (χ1n) is 10.0. The quantitative estimate of drug-likeness (QED) is 0.574. The predicted molar refractivity (Wildman–Crippen MR) is 116 cm³/mol. The molecule has 156 valence electrons. The molecule has 0 fully saturated rings. The number of rotatable bonds is 7. The molecule has 0 atom stereocenters. The van der Waals surface area contributed by atoms with Crippen LogP contribution in [0.2, 0.25) is 5.02 Å². The van der Waals surface area contributed by atoms with Crippen LogP contribution in [0.1, 0.15) is 18.4 Å². The van der Waals surface area contributed by atoms with Gasteiger partial charge in [0.1, 0.15) is 11.3 Å². The third-order valence-electron chi connectivity index (χ3n) is 4.72. The van der Waals surface area contributed by atoms with Crippen LogP contribution in [0.3, 0.4) is 0 Å². The number of pyridine rings is 1. The Morgan fingerprint density at radius 2 is 2.03 bits per heavy atom. The highest BCUT2D eigenvalue weighted by Crippen LogP contribution is 2.38. The fourth-order valence-electron chi connectivity index (χ4n) is 3.31. The van der Waals surface area contributed by atoms with E-state index in [1.54, 1.807) is 12.3 Å². The van der Waals surface area contributed by atoms with E-state index in [0.717, 1.165) is 28.6 Å². The lowest BCUT2D eigenvalue weighted by molar-refractivity contribution is -0.120. The summed E-state index contributed by atoms with van der Waals surface area (Å²) in [6.45, 7) is 2.16. The molecule has 7 heteroatoms. The summed E-state index contributed by atoms with van der Waals surface area (Å²) in [6, 6.07) is 13.3. The van der Waals surface area contributed by atoms with Crippen molar-refractivity contribution in [1.29, 1.82) is 0 Å². The zero-order valence-corrected chi connectivity index (χ0v) is 17.3. The molecule has 2 aromatic carbocycles. The Morgan fingerprint density at radius 3 is 2.97 bits per heavy atom. The SMILES string of the molecule is O=C(Cc1cc(Cl)c2c(c1)OCCCO2)NCCCOc1cccc2cccnc12. The van der Waals surface area contributed by atoms with Gasteiger partial charge in [-0.15, -0.1) is 0 Å². The Bertz CT molecular complexity index is 1040. The molecular formula is C23H23ClN2O4. The molecule has 0 aliphatic carbocycles. The molecule has 0 saturated carbocycles. The first-order valence-corrected chi connectivity index (χ1v) is 10.4. The minimum Gasteiger partial charge on any atom is -0.491 e. The summed E-state index contributed by atoms with van der Waals surface area (Å²) < 4.78 is 17.1. The van der Waals surface area contributed by atoms with Gasteiger partial charge < -0.3 is 19.5 Å². The lowest BCUT2D eigenvalue weighted by atomic mass is 10.1. The lowest BCUT2D eigenvalue weighted by Gasteiger charge is -2.12. The number of hydrogen-bond acceptors (Lipinski definition) is 5. The molecule has 0 saturated heterocycles. The highest BCUT2D eigenvalue weighted by molar-refractivity contribution is 6.32. The maximum atomic E-state index is 12.3.